The Morgan fingerprint density at radius 1 is 1.19 bits per heavy atom. The molecule has 1 atom stereocenters. The standard InChI is InChI=1S/C20H22N4O2S/c1-13-3-9-17(10-4-13)22-18(25)12-27-14(2)20-23-19(24-26-20)16-7-5-15(11-21)6-8-16/h3-10,14H,11-12,21H2,1-2H3,(H,22,25). The number of thioether (sulfide) groups is 1. The Bertz CT molecular complexity index is 891. The van der Waals surface area contributed by atoms with Gasteiger partial charge in [0.05, 0.1) is 11.0 Å². The van der Waals surface area contributed by atoms with Crippen molar-refractivity contribution < 1.29 is 9.32 Å². The fraction of sp³-hybridized carbons (Fsp3) is 0.250. The summed E-state index contributed by atoms with van der Waals surface area (Å²) >= 11 is 1.45. The summed E-state index contributed by atoms with van der Waals surface area (Å²) in [4.78, 5) is 16.6. The van der Waals surface area contributed by atoms with E-state index >= 15 is 0 Å². The lowest BCUT2D eigenvalue weighted by molar-refractivity contribution is -0.113. The van der Waals surface area contributed by atoms with Crippen LogP contribution in [0.5, 0.6) is 0 Å². The fourth-order valence-corrected chi connectivity index (χ4v) is 3.13. The quantitative estimate of drug-likeness (QED) is 0.643. The average molecular weight is 382 g/mol. The minimum absolute atomic E-state index is 0.0622. The van der Waals surface area contributed by atoms with Gasteiger partial charge in [-0.3, -0.25) is 4.79 Å². The molecule has 3 N–H and O–H groups in total. The van der Waals surface area contributed by atoms with Crippen molar-refractivity contribution in [1.82, 2.24) is 10.1 Å². The molecule has 3 rings (SSSR count). The van der Waals surface area contributed by atoms with Crippen LogP contribution in [-0.4, -0.2) is 21.8 Å². The Morgan fingerprint density at radius 2 is 1.89 bits per heavy atom. The summed E-state index contributed by atoms with van der Waals surface area (Å²) < 4.78 is 5.36. The Morgan fingerprint density at radius 3 is 2.56 bits per heavy atom. The van der Waals surface area contributed by atoms with E-state index in [4.69, 9.17) is 10.3 Å². The van der Waals surface area contributed by atoms with Crippen LogP contribution in [0.1, 0.15) is 29.2 Å². The summed E-state index contributed by atoms with van der Waals surface area (Å²) in [6.45, 7) is 4.45. The number of anilines is 1. The van der Waals surface area contributed by atoms with Crippen molar-refractivity contribution in [2.75, 3.05) is 11.1 Å². The minimum atomic E-state index is -0.0849. The molecule has 6 nitrogen and oxygen atoms in total. The van der Waals surface area contributed by atoms with E-state index < -0.39 is 0 Å². The van der Waals surface area contributed by atoms with E-state index in [0.717, 1.165) is 22.4 Å². The minimum Gasteiger partial charge on any atom is -0.338 e. The predicted octanol–water partition coefficient (Wildman–Crippen LogP) is 3.94. The van der Waals surface area contributed by atoms with Crippen LogP contribution in [0.4, 0.5) is 5.69 Å². The van der Waals surface area contributed by atoms with Crippen LogP contribution in [0.2, 0.25) is 0 Å². The van der Waals surface area contributed by atoms with Crippen LogP contribution in [0.3, 0.4) is 0 Å². The Hall–Kier alpha value is -2.64. The van der Waals surface area contributed by atoms with Gasteiger partial charge in [-0.1, -0.05) is 47.1 Å². The molecule has 2 aromatic carbocycles. The van der Waals surface area contributed by atoms with Crippen molar-refractivity contribution >= 4 is 23.4 Å². The highest BCUT2D eigenvalue weighted by molar-refractivity contribution is 8.00. The average Bonchev–Trinajstić information content (AvgIpc) is 3.18. The van der Waals surface area contributed by atoms with Gasteiger partial charge in [0.25, 0.3) is 0 Å². The molecule has 0 aliphatic carbocycles. The highest BCUT2D eigenvalue weighted by Crippen LogP contribution is 2.28. The topological polar surface area (TPSA) is 94.0 Å². The van der Waals surface area contributed by atoms with Gasteiger partial charge in [-0.25, -0.2) is 0 Å². The number of benzene rings is 2. The molecule has 0 aliphatic rings. The summed E-state index contributed by atoms with van der Waals surface area (Å²) in [6.07, 6.45) is 0. The third kappa shape index (κ3) is 5.18. The normalized spacial score (nSPS) is 12.0. The number of amides is 1. The zero-order valence-corrected chi connectivity index (χ0v) is 16.1. The van der Waals surface area contributed by atoms with Crippen LogP contribution in [0.25, 0.3) is 11.4 Å². The molecule has 27 heavy (non-hydrogen) atoms. The van der Waals surface area contributed by atoms with Gasteiger partial charge in [0.15, 0.2) is 0 Å². The molecule has 0 saturated carbocycles. The number of nitrogens with two attached hydrogens (primary N) is 1. The molecule has 0 fully saturated rings. The monoisotopic (exact) mass is 382 g/mol. The summed E-state index contributed by atoms with van der Waals surface area (Å²) in [6, 6.07) is 15.4. The molecule has 0 aliphatic heterocycles. The zero-order valence-electron chi connectivity index (χ0n) is 15.3. The maximum atomic E-state index is 12.1. The van der Waals surface area contributed by atoms with E-state index in [1.165, 1.54) is 11.8 Å². The van der Waals surface area contributed by atoms with Crippen LogP contribution in [0, 0.1) is 6.92 Å². The molecule has 0 bridgehead atoms. The number of aromatic nitrogens is 2. The van der Waals surface area contributed by atoms with E-state index in [0.29, 0.717) is 24.0 Å². The molecule has 140 valence electrons. The lowest BCUT2D eigenvalue weighted by Crippen LogP contribution is -2.14. The second kappa shape index (κ2) is 8.83. The molecule has 1 aromatic heterocycles. The Labute approximate surface area is 162 Å². The van der Waals surface area contributed by atoms with Crippen LogP contribution >= 0.6 is 11.8 Å². The van der Waals surface area contributed by atoms with Gasteiger partial charge < -0.3 is 15.6 Å². The van der Waals surface area contributed by atoms with E-state index in [9.17, 15) is 4.79 Å². The molecular formula is C20H22N4O2S. The van der Waals surface area contributed by atoms with Crippen molar-refractivity contribution in [3.05, 3.63) is 65.5 Å². The number of hydrogen-bond donors (Lipinski definition) is 2. The molecular weight excluding hydrogens is 360 g/mol. The second-order valence-electron chi connectivity index (χ2n) is 6.22. The zero-order chi connectivity index (χ0) is 19.2. The van der Waals surface area contributed by atoms with Crippen molar-refractivity contribution in [2.45, 2.75) is 25.6 Å². The Kier molecular flexibility index (Phi) is 6.26. The molecule has 3 aromatic rings. The van der Waals surface area contributed by atoms with E-state index in [1.807, 2.05) is 62.4 Å². The van der Waals surface area contributed by atoms with Gasteiger partial charge >= 0.3 is 0 Å². The molecule has 0 radical (unpaired) electrons. The van der Waals surface area contributed by atoms with Crippen LogP contribution < -0.4 is 11.1 Å². The van der Waals surface area contributed by atoms with Gasteiger partial charge in [-0.05, 0) is 31.5 Å². The van der Waals surface area contributed by atoms with Gasteiger partial charge in [0, 0.05) is 17.8 Å². The van der Waals surface area contributed by atoms with E-state index in [2.05, 4.69) is 15.5 Å². The van der Waals surface area contributed by atoms with Crippen LogP contribution in [0.15, 0.2) is 53.1 Å². The lowest BCUT2D eigenvalue weighted by atomic mass is 10.1. The number of aryl methyl sites for hydroxylation is 1. The van der Waals surface area contributed by atoms with Crippen molar-refractivity contribution in [3.63, 3.8) is 0 Å². The smallest absolute Gasteiger partial charge is 0.239 e. The molecule has 1 unspecified atom stereocenters. The van der Waals surface area contributed by atoms with Crippen LogP contribution in [-0.2, 0) is 11.3 Å². The maximum absolute atomic E-state index is 12.1. The van der Waals surface area contributed by atoms with Gasteiger partial charge in [-0.2, -0.15) is 4.98 Å². The third-order valence-corrected chi connectivity index (χ3v) is 5.17. The maximum Gasteiger partial charge on any atom is 0.239 e. The number of carbonyl (C=O) groups is 1. The summed E-state index contributed by atoms with van der Waals surface area (Å²) in [7, 11) is 0. The summed E-state index contributed by atoms with van der Waals surface area (Å²) in [5.41, 5.74) is 9.47. The van der Waals surface area contributed by atoms with Gasteiger partial charge in [0.1, 0.15) is 0 Å². The van der Waals surface area contributed by atoms with Crippen molar-refractivity contribution in [2.24, 2.45) is 5.73 Å². The number of rotatable bonds is 7. The fourth-order valence-electron chi connectivity index (χ4n) is 2.41. The molecule has 1 heterocycles. The molecule has 0 spiro atoms. The number of nitrogens with zero attached hydrogens (tertiary/aromatic N) is 2. The summed E-state index contributed by atoms with van der Waals surface area (Å²) in [5.74, 6) is 1.27. The number of carbonyl (C=O) groups excluding carboxylic acids is 1. The predicted molar refractivity (Wildman–Crippen MR) is 108 cm³/mol. The molecule has 0 saturated heterocycles. The van der Waals surface area contributed by atoms with Gasteiger partial charge in [-0.15, -0.1) is 11.8 Å². The lowest BCUT2D eigenvalue weighted by Gasteiger charge is -2.08. The van der Waals surface area contributed by atoms with E-state index in [-0.39, 0.29) is 11.2 Å². The Balaban J connectivity index is 1.54. The molecule has 7 heteroatoms. The van der Waals surface area contributed by atoms with Gasteiger partial charge in [0.2, 0.25) is 17.6 Å². The highest BCUT2D eigenvalue weighted by atomic mass is 32.2. The number of hydrogen-bond acceptors (Lipinski definition) is 6. The first-order valence-corrected chi connectivity index (χ1v) is 9.71. The first-order valence-electron chi connectivity index (χ1n) is 8.66. The first-order chi connectivity index (χ1) is 13.0. The third-order valence-electron chi connectivity index (χ3n) is 4.04. The van der Waals surface area contributed by atoms with E-state index in [1.54, 1.807) is 0 Å². The van der Waals surface area contributed by atoms with Crippen molar-refractivity contribution in [3.8, 4) is 11.4 Å². The molecule has 1 amide bonds. The SMILES string of the molecule is Cc1ccc(NC(=O)CSC(C)c2nc(-c3ccc(CN)cc3)no2)cc1. The van der Waals surface area contributed by atoms with Crippen molar-refractivity contribution in [1.29, 1.82) is 0 Å². The number of nitrogens with one attached hydrogen (secondary N) is 1. The highest BCUT2D eigenvalue weighted by Gasteiger charge is 2.17. The second-order valence-corrected chi connectivity index (χ2v) is 7.55. The largest absolute Gasteiger partial charge is 0.338 e. The first kappa shape index (κ1) is 19.1. The summed E-state index contributed by atoms with van der Waals surface area (Å²) in [5, 5.41) is 6.83.